The molecule has 0 saturated carbocycles. The second kappa shape index (κ2) is 27.3. The van der Waals surface area contributed by atoms with Crippen molar-refractivity contribution in [2.24, 2.45) is 67.8 Å². The first-order valence-electron chi connectivity index (χ1n) is 27.7. The van der Waals surface area contributed by atoms with Crippen molar-refractivity contribution in [3.05, 3.63) is 137 Å². The molecule has 0 unspecified atom stereocenters. The molecule has 14 N–H and O–H groups in total. The number of nitrogens with one attached hydrogen (secondary N) is 10. The highest BCUT2D eigenvalue weighted by Crippen LogP contribution is 2.23. The number of primary amides is 1. The average molecular weight is 1240 g/mol. The monoisotopic (exact) mass is 1240 g/mol. The number of imidazole rings is 1. The summed E-state index contributed by atoms with van der Waals surface area (Å²) in [5.74, 6) is -5.46. The molecule has 0 aliphatic rings. The van der Waals surface area contributed by atoms with E-state index in [4.69, 9.17) is 11.5 Å². The quantitative estimate of drug-likeness (QED) is 0.0383. The molecule has 0 aliphatic heterocycles. The molecule has 90 heavy (non-hydrogen) atoms. The van der Waals surface area contributed by atoms with Gasteiger partial charge in [-0.25, -0.2) is 4.98 Å². The molecule has 0 saturated heterocycles. The van der Waals surface area contributed by atoms with Gasteiger partial charge in [-0.05, 0) is 49.7 Å². The molecular formula is C57H68N22O11. The molecule has 0 bridgehead atoms. The van der Waals surface area contributed by atoms with Crippen molar-refractivity contribution in [3.8, 4) is 0 Å². The lowest BCUT2D eigenvalue weighted by atomic mass is 10.2. The standard InChI is InChI=1S/C57H68N22O11/c1-30-46(79(9)71-48(30)70-45(81)12-15-63-53(86)41-21-36(29-76(41)6)69-57(90)49-60-16-17-72(49)2)56(89)68-35-20-40(75(5)28-35)51(84)61-13-10-37(58)50(83)65-32-22-42(77(7)25-32)54(87)67-34-23-43(78(8)27-34)55(88)66-33-19-39(74(4)26-33)52(85)62-14-11-44(80)64-31-18-38(47(59)82)73(3)24-31/h16-29,37H,10-15,58H2,1-9H3,(H2,59,82)(H,61,84)(H,62,85)(H,63,86)(H,64,80)(H,65,83)(H,66,88)(H,67,87)(H,68,89)(H,69,90)(H,70,71,81)/t37-/m1/s1. The first-order chi connectivity index (χ1) is 42.6. The number of aromatic nitrogens is 10. The van der Waals surface area contributed by atoms with Crippen LogP contribution in [0.25, 0.3) is 0 Å². The second-order valence-electron chi connectivity index (χ2n) is 21.1. The minimum atomic E-state index is -1.08. The smallest absolute Gasteiger partial charge is 0.291 e. The van der Waals surface area contributed by atoms with Gasteiger partial charge >= 0.3 is 0 Å². The fraction of sp³-hybridized carbons (Fsp3) is 0.281. The lowest BCUT2D eigenvalue weighted by Gasteiger charge is -2.12. The number of anilines is 7. The number of aryl methyl sites for hydroxylation is 8. The van der Waals surface area contributed by atoms with Crippen LogP contribution in [-0.2, 0) is 70.8 Å². The summed E-state index contributed by atoms with van der Waals surface area (Å²) in [6.07, 6.45) is 12.2. The highest BCUT2D eigenvalue weighted by molar-refractivity contribution is 6.09. The number of carbonyl (C=O) groups is 11. The Morgan fingerprint density at radius 1 is 0.444 bits per heavy atom. The zero-order valence-corrected chi connectivity index (χ0v) is 50.5. The fourth-order valence-electron chi connectivity index (χ4n) is 9.56. The minimum absolute atomic E-state index is 0.00555. The highest BCUT2D eigenvalue weighted by atomic mass is 16.2. The van der Waals surface area contributed by atoms with Crippen LogP contribution in [0.15, 0.2) is 86.0 Å². The van der Waals surface area contributed by atoms with Crippen LogP contribution in [0.4, 0.5) is 39.9 Å². The Balaban J connectivity index is 0.744. The van der Waals surface area contributed by atoms with Crippen LogP contribution in [-0.4, -0.2) is 137 Å². The summed E-state index contributed by atoms with van der Waals surface area (Å²) in [6.45, 7) is 1.55. The van der Waals surface area contributed by atoms with Crippen molar-refractivity contribution in [1.29, 1.82) is 0 Å². The number of hydrogen-bond acceptors (Lipinski definition) is 14. The third-order valence-electron chi connectivity index (χ3n) is 14.2. The van der Waals surface area contributed by atoms with Gasteiger partial charge in [0.1, 0.15) is 39.9 Å². The maximum Gasteiger partial charge on any atom is 0.291 e. The third kappa shape index (κ3) is 15.2. The largest absolute Gasteiger partial charge is 0.364 e. The summed E-state index contributed by atoms with van der Waals surface area (Å²) in [6, 6.07) is 7.67. The Kier molecular flexibility index (Phi) is 19.5. The van der Waals surface area contributed by atoms with Crippen molar-refractivity contribution in [3.63, 3.8) is 0 Å². The van der Waals surface area contributed by atoms with Crippen LogP contribution in [0, 0.1) is 6.92 Å². The van der Waals surface area contributed by atoms with E-state index in [1.807, 2.05) is 0 Å². The van der Waals surface area contributed by atoms with Crippen molar-refractivity contribution >= 4 is 105 Å². The number of amides is 11. The van der Waals surface area contributed by atoms with Crippen molar-refractivity contribution in [2.75, 3.05) is 56.9 Å². The van der Waals surface area contributed by atoms with Crippen LogP contribution in [0.2, 0.25) is 0 Å². The van der Waals surface area contributed by atoms with Crippen LogP contribution < -0.4 is 64.6 Å². The summed E-state index contributed by atoms with van der Waals surface area (Å²) < 4.78 is 11.8. The molecule has 8 aromatic heterocycles. The summed E-state index contributed by atoms with van der Waals surface area (Å²) in [4.78, 5) is 146. The Hall–Kier alpha value is -11.8. The van der Waals surface area contributed by atoms with Gasteiger partial charge in [-0.1, -0.05) is 0 Å². The molecule has 11 amide bonds. The van der Waals surface area contributed by atoms with Gasteiger partial charge in [-0.15, -0.1) is 0 Å². The third-order valence-corrected chi connectivity index (χ3v) is 14.2. The van der Waals surface area contributed by atoms with Gasteiger partial charge in [-0.3, -0.25) is 57.4 Å². The molecule has 0 spiro atoms. The van der Waals surface area contributed by atoms with Crippen LogP contribution in [0.5, 0.6) is 0 Å². The zero-order valence-electron chi connectivity index (χ0n) is 50.5. The predicted molar refractivity (Wildman–Crippen MR) is 329 cm³/mol. The van der Waals surface area contributed by atoms with Crippen molar-refractivity contribution in [1.82, 2.24) is 62.7 Å². The Labute approximate surface area is 512 Å². The molecule has 8 aromatic rings. The van der Waals surface area contributed by atoms with Crippen LogP contribution in [0.3, 0.4) is 0 Å². The molecule has 8 heterocycles. The van der Waals surface area contributed by atoms with Gasteiger partial charge in [-0.2, -0.15) is 5.10 Å². The molecule has 0 aliphatic carbocycles. The molecule has 1 atom stereocenters. The number of hydrogen-bond donors (Lipinski definition) is 12. The second-order valence-corrected chi connectivity index (χ2v) is 21.1. The molecule has 472 valence electrons. The van der Waals surface area contributed by atoms with Crippen LogP contribution in [0.1, 0.15) is 109 Å². The van der Waals surface area contributed by atoms with E-state index in [9.17, 15) is 52.7 Å². The van der Waals surface area contributed by atoms with Crippen molar-refractivity contribution in [2.45, 2.75) is 32.2 Å². The number of nitrogens with zero attached hydrogens (tertiary/aromatic N) is 10. The lowest BCUT2D eigenvalue weighted by molar-refractivity contribution is -0.118. The average Bonchev–Trinajstić information content (AvgIpc) is 2.27. The van der Waals surface area contributed by atoms with E-state index >= 15 is 0 Å². The Morgan fingerprint density at radius 3 is 1.23 bits per heavy atom. The molecule has 33 heteroatoms. The molecule has 0 aromatic carbocycles. The first-order valence-corrected chi connectivity index (χ1v) is 27.7. The maximum atomic E-state index is 13.6. The van der Waals surface area contributed by atoms with Crippen LogP contribution >= 0.6 is 0 Å². The van der Waals surface area contributed by atoms with E-state index in [-0.39, 0.29) is 107 Å². The normalized spacial score (nSPS) is 11.3. The summed E-state index contributed by atoms with van der Waals surface area (Å²) in [7, 11) is 12.9. The molecule has 33 nitrogen and oxygen atoms in total. The molecule has 0 radical (unpaired) electrons. The maximum absolute atomic E-state index is 13.6. The predicted octanol–water partition coefficient (Wildman–Crippen LogP) is 1.20. The topological polar surface area (TPSA) is 425 Å². The summed E-state index contributed by atoms with van der Waals surface area (Å²) >= 11 is 0. The van der Waals surface area contributed by atoms with Gasteiger partial charge in [0.15, 0.2) is 11.6 Å². The first kappa shape index (κ1) is 64.2. The Morgan fingerprint density at radius 2 is 0.811 bits per heavy atom. The SMILES string of the molecule is Cc1c(NC(=O)CCNC(=O)c2cc(NC(=O)c3nccn3C)cn2C)nn(C)c1C(=O)Nc1cc(C(=O)NCC[C@@H](N)C(=O)Nc2cc(C(=O)Nc3cc(C(=O)Nc4cc(C(=O)NCCC(=O)Nc5cc(C(N)=O)n(C)c5)n(C)c4)n(C)c3)n(C)c2)n(C)c1. The molecule has 8 rings (SSSR count). The number of carbonyl (C=O) groups excluding carboxylic acids is 11. The zero-order chi connectivity index (χ0) is 65.4. The highest BCUT2D eigenvalue weighted by Gasteiger charge is 2.25. The fourth-order valence-corrected chi connectivity index (χ4v) is 9.56. The van der Waals surface area contributed by atoms with E-state index in [0.29, 0.717) is 22.6 Å². The van der Waals surface area contributed by atoms with Gasteiger partial charge in [0, 0.05) is 144 Å². The van der Waals surface area contributed by atoms with Gasteiger partial charge in [0.05, 0.1) is 40.2 Å². The van der Waals surface area contributed by atoms with Gasteiger partial charge < -0.3 is 96.6 Å². The summed E-state index contributed by atoms with van der Waals surface area (Å²) in [5.41, 5.74) is 15.0. The molecular weight excluding hydrogens is 1170 g/mol. The van der Waals surface area contributed by atoms with Gasteiger partial charge in [0.2, 0.25) is 17.7 Å². The van der Waals surface area contributed by atoms with E-state index in [1.165, 1.54) is 113 Å². The van der Waals surface area contributed by atoms with Gasteiger partial charge in [0.25, 0.3) is 47.3 Å². The lowest BCUT2D eigenvalue weighted by Crippen LogP contribution is -2.39. The molecule has 0 fully saturated rings. The van der Waals surface area contributed by atoms with E-state index in [2.05, 4.69) is 63.3 Å². The minimum Gasteiger partial charge on any atom is -0.364 e. The number of rotatable bonds is 25. The number of nitrogens with two attached hydrogens (primary N) is 2. The van der Waals surface area contributed by atoms with E-state index in [1.54, 1.807) is 73.2 Å². The Bertz CT molecular complexity index is 4150. The van der Waals surface area contributed by atoms with E-state index in [0.717, 1.165) is 0 Å². The van der Waals surface area contributed by atoms with Crippen molar-refractivity contribution < 1.29 is 52.7 Å². The summed E-state index contributed by atoms with van der Waals surface area (Å²) in [5, 5.41) is 31.3. The van der Waals surface area contributed by atoms with E-state index < -0.39 is 71.0 Å².